The van der Waals surface area contributed by atoms with Crippen molar-refractivity contribution >= 4 is 12.6 Å². The molecule has 1 aromatic carbocycles. The van der Waals surface area contributed by atoms with E-state index in [1.54, 1.807) is 0 Å². The van der Waals surface area contributed by atoms with Crippen LogP contribution in [0.25, 0.3) is 11.3 Å². The number of rotatable bonds is 3. The highest BCUT2D eigenvalue weighted by Crippen LogP contribution is 2.21. The molecule has 0 amide bonds. The van der Waals surface area contributed by atoms with Gasteiger partial charge in [0.05, 0.1) is 5.69 Å². The first-order valence-electron chi connectivity index (χ1n) is 5.44. The number of hydrogen-bond acceptors (Lipinski definition) is 2. The Morgan fingerprint density at radius 3 is 2.50 bits per heavy atom. The van der Waals surface area contributed by atoms with Gasteiger partial charge in [-0.15, -0.1) is 0 Å². The fourth-order valence-electron chi connectivity index (χ4n) is 1.74. The molecule has 16 heavy (non-hydrogen) atoms. The minimum atomic E-state index is 0.820. The summed E-state index contributed by atoms with van der Waals surface area (Å²) in [4.78, 5) is 7.89. The number of nitrogens with zero attached hydrogens (tertiary/aromatic N) is 1. The normalized spacial score (nSPS) is 10.7. The maximum absolute atomic E-state index is 4.59. The Hall–Kier alpha value is -1.22. The van der Waals surface area contributed by atoms with Gasteiger partial charge in [0.15, 0.2) is 0 Å². The molecular formula is C13H16N2S. The molecule has 0 saturated heterocycles. The number of hydrogen-bond donors (Lipinski definition) is 2. The maximum Gasteiger partial charge on any atom is 0.107 e. The molecule has 2 nitrogen and oxygen atoms in total. The van der Waals surface area contributed by atoms with Gasteiger partial charge < -0.3 is 4.98 Å². The molecule has 1 N–H and O–H groups in total. The van der Waals surface area contributed by atoms with Gasteiger partial charge in [-0.2, -0.15) is 12.6 Å². The first kappa shape index (κ1) is 11.3. The highest BCUT2D eigenvalue weighted by atomic mass is 32.1. The molecule has 0 aliphatic carbocycles. The summed E-state index contributed by atoms with van der Waals surface area (Å²) in [5, 5.41) is 0. The van der Waals surface area contributed by atoms with E-state index in [4.69, 9.17) is 0 Å². The lowest BCUT2D eigenvalue weighted by atomic mass is 10.1. The SMILES string of the molecule is Cc1ccc(-c2nc(CCS)[nH]c2C)cc1. The number of imidazole rings is 1. The zero-order valence-electron chi connectivity index (χ0n) is 9.62. The summed E-state index contributed by atoms with van der Waals surface area (Å²) in [6.45, 7) is 4.15. The number of aromatic nitrogens is 2. The van der Waals surface area contributed by atoms with Crippen LogP contribution < -0.4 is 0 Å². The average molecular weight is 232 g/mol. The standard InChI is InChI=1S/C13H16N2S/c1-9-3-5-11(6-4-9)13-10(2)14-12(15-13)7-8-16/h3-6,16H,7-8H2,1-2H3,(H,14,15). The average Bonchev–Trinajstić information content (AvgIpc) is 2.61. The Morgan fingerprint density at radius 2 is 1.88 bits per heavy atom. The van der Waals surface area contributed by atoms with Crippen LogP contribution in [-0.4, -0.2) is 15.7 Å². The fraction of sp³-hybridized carbons (Fsp3) is 0.308. The van der Waals surface area contributed by atoms with E-state index in [0.717, 1.165) is 29.4 Å². The maximum atomic E-state index is 4.59. The molecule has 0 radical (unpaired) electrons. The van der Waals surface area contributed by atoms with E-state index in [1.807, 2.05) is 0 Å². The summed E-state index contributed by atoms with van der Waals surface area (Å²) in [6, 6.07) is 8.45. The third-order valence-corrected chi connectivity index (χ3v) is 2.83. The molecule has 0 saturated carbocycles. The Labute approximate surface area is 102 Å². The lowest BCUT2D eigenvalue weighted by molar-refractivity contribution is 0.995. The van der Waals surface area contributed by atoms with Crippen LogP contribution in [-0.2, 0) is 6.42 Å². The van der Waals surface area contributed by atoms with Gasteiger partial charge >= 0.3 is 0 Å². The molecule has 0 spiro atoms. The molecule has 0 aliphatic rings. The van der Waals surface area contributed by atoms with Gasteiger partial charge in [-0.3, -0.25) is 0 Å². The number of H-pyrrole nitrogens is 1. The second-order valence-electron chi connectivity index (χ2n) is 4.00. The van der Waals surface area contributed by atoms with E-state index < -0.39 is 0 Å². The van der Waals surface area contributed by atoms with Crippen molar-refractivity contribution in [2.45, 2.75) is 20.3 Å². The number of nitrogens with one attached hydrogen (secondary N) is 1. The minimum absolute atomic E-state index is 0.820. The molecule has 0 bridgehead atoms. The van der Waals surface area contributed by atoms with Crippen molar-refractivity contribution in [1.82, 2.24) is 9.97 Å². The monoisotopic (exact) mass is 232 g/mol. The van der Waals surface area contributed by atoms with Crippen LogP contribution >= 0.6 is 12.6 Å². The largest absolute Gasteiger partial charge is 0.346 e. The van der Waals surface area contributed by atoms with Crippen LogP contribution in [0, 0.1) is 13.8 Å². The second-order valence-corrected chi connectivity index (χ2v) is 4.44. The van der Waals surface area contributed by atoms with Crippen LogP contribution in [0.4, 0.5) is 0 Å². The molecule has 2 rings (SSSR count). The summed E-state index contributed by atoms with van der Waals surface area (Å²) in [5.41, 5.74) is 4.62. The zero-order chi connectivity index (χ0) is 11.5. The molecule has 84 valence electrons. The molecule has 0 aliphatic heterocycles. The Morgan fingerprint density at radius 1 is 1.19 bits per heavy atom. The summed E-state index contributed by atoms with van der Waals surface area (Å²) >= 11 is 4.22. The van der Waals surface area contributed by atoms with Crippen LogP contribution in [0.1, 0.15) is 17.1 Å². The molecular weight excluding hydrogens is 216 g/mol. The highest BCUT2D eigenvalue weighted by Gasteiger charge is 2.07. The topological polar surface area (TPSA) is 28.7 Å². The van der Waals surface area contributed by atoms with Gasteiger partial charge in [0.25, 0.3) is 0 Å². The first-order chi connectivity index (χ1) is 7.70. The number of benzene rings is 1. The van der Waals surface area contributed by atoms with Crippen molar-refractivity contribution in [3.63, 3.8) is 0 Å². The smallest absolute Gasteiger partial charge is 0.107 e. The third kappa shape index (κ3) is 2.30. The van der Waals surface area contributed by atoms with Crippen LogP contribution in [0.5, 0.6) is 0 Å². The lowest BCUT2D eigenvalue weighted by Crippen LogP contribution is -1.88. The molecule has 2 aromatic rings. The predicted molar refractivity (Wildman–Crippen MR) is 71.1 cm³/mol. The number of aryl methyl sites for hydroxylation is 3. The van der Waals surface area contributed by atoms with E-state index in [-0.39, 0.29) is 0 Å². The summed E-state index contributed by atoms with van der Waals surface area (Å²) in [5.74, 6) is 1.84. The predicted octanol–water partition coefficient (Wildman–Crippen LogP) is 3.17. The third-order valence-electron chi connectivity index (χ3n) is 2.61. The van der Waals surface area contributed by atoms with E-state index in [1.165, 1.54) is 11.1 Å². The van der Waals surface area contributed by atoms with Crippen LogP contribution in [0.15, 0.2) is 24.3 Å². The summed E-state index contributed by atoms with van der Waals surface area (Å²) < 4.78 is 0. The molecule has 0 unspecified atom stereocenters. The van der Waals surface area contributed by atoms with E-state index in [0.29, 0.717) is 0 Å². The second kappa shape index (κ2) is 4.74. The minimum Gasteiger partial charge on any atom is -0.346 e. The first-order valence-corrected chi connectivity index (χ1v) is 6.07. The van der Waals surface area contributed by atoms with Crippen molar-refractivity contribution < 1.29 is 0 Å². The Kier molecular flexibility index (Phi) is 3.34. The lowest BCUT2D eigenvalue weighted by Gasteiger charge is -1.98. The molecule has 3 heteroatoms. The summed E-state index contributed by atoms with van der Waals surface area (Å²) in [6.07, 6.45) is 0.885. The quantitative estimate of drug-likeness (QED) is 0.782. The van der Waals surface area contributed by atoms with E-state index in [2.05, 4.69) is 60.7 Å². The number of thiol groups is 1. The van der Waals surface area contributed by atoms with Gasteiger partial charge in [-0.25, -0.2) is 4.98 Å². The molecule has 1 aromatic heterocycles. The molecule has 1 heterocycles. The molecule has 0 atom stereocenters. The molecule has 0 fully saturated rings. The Balaban J connectivity index is 2.36. The van der Waals surface area contributed by atoms with E-state index in [9.17, 15) is 0 Å². The fourth-order valence-corrected chi connectivity index (χ4v) is 1.95. The van der Waals surface area contributed by atoms with Crippen molar-refractivity contribution in [3.8, 4) is 11.3 Å². The van der Waals surface area contributed by atoms with Crippen molar-refractivity contribution in [1.29, 1.82) is 0 Å². The van der Waals surface area contributed by atoms with Crippen LogP contribution in [0.3, 0.4) is 0 Å². The number of aromatic amines is 1. The van der Waals surface area contributed by atoms with Crippen molar-refractivity contribution in [2.24, 2.45) is 0 Å². The summed E-state index contributed by atoms with van der Waals surface area (Å²) in [7, 11) is 0. The van der Waals surface area contributed by atoms with Gasteiger partial charge in [-0.1, -0.05) is 29.8 Å². The van der Waals surface area contributed by atoms with E-state index >= 15 is 0 Å². The van der Waals surface area contributed by atoms with Gasteiger partial charge in [-0.05, 0) is 19.6 Å². The van der Waals surface area contributed by atoms with Gasteiger partial charge in [0, 0.05) is 17.7 Å². The highest BCUT2D eigenvalue weighted by molar-refractivity contribution is 7.80. The van der Waals surface area contributed by atoms with Crippen molar-refractivity contribution in [3.05, 3.63) is 41.3 Å². The van der Waals surface area contributed by atoms with Gasteiger partial charge in [0.2, 0.25) is 0 Å². The van der Waals surface area contributed by atoms with Gasteiger partial charge in [0.1, 0.15) is 5.82 Å². The van der Waals surface area contributed by atoms with Crippen LogP contribution in [0.2, 0.25) is 0 Å². The zero-order valence-corrected chi connectivity index (χ0v) is 10.5. The van der Waals surface area contributed by atoms with Crippen molar-refractivity contribution in [2.75, 3.05) is 5.75 Å². The Bertz CT molecular complexity index is 471.